The zero-order valence-corrected chi connectivity index (χ0v) is 17.5. The van der Waals surface area contributed by atoms with E-state index in [2.05, 4.69) is 10.6 Å². The number of anilines is 1. The number of amides is 1. The van der Waals surface area contributed by atoms with E-state index in [1.54, 1.807) is 7.05 Å². The van der Waals surface area contributed by atoms with E-state index in [9.17, 15) is 23.1 Å². The molecule has 1 amide bonds. The molecule has 2 aromatic rings. The molecule has 0 spiro atoms. The molecule has 1 unspecified atom stereocenters. The molecular weight excluding hydrogens is 411 g/mol. The Morgan fingerprint density at radius 2 is 2.03 bits per heavy atom. The summed E-state index contributed by atoms with van der Waals surface area (Å²) in [4.78, 5) is 14.4. The first-order valence-corrected chi connectivity index (χ1v) is 10.8. The molecule has 1 aliphatic carbocycles. The average Bonchev–Trinajstić information content (AvgIpc) is 3.06. The predicted octanol–water partition coefficient (Wildman–Crippen LogP) is 3.74. The van der Waals surface area contributed by atoms with Gasteiger partial charge in [-0.15, -0.1) is 0 Å². The Kier molecular flexibility index (Phi) is 6.16. The standard InChI is InChI=1S/C22H28F3N3O3/c1-26-20(29)14-4-2-13(3-5-14)8-10-28-11-9-27-21(30)19-18(28)16-12-15(22(23,24)25)6-7-17(16)31-19/h6-7,12-14,20,26,29H,2-5,8-11H2,1H3,(H,27,30). The molecule has 2 heterocycles. The van der Waals surface area contributed by atoms with Crippen LogP contribution in [-0.4, -0.2) is 43.9 Å². The summed E-state index contributed by atoms with van der Waals surface area (Å²) < 4.78 is 45.5. The highest BCUT2D eigenvalue weighted by Gasteiger charge is 2.34. The summed E-state index contributed by atoms with van der Waals surface area (Å²) in [5, 5.41) is 16.0. The van der Waals surface area contributed by atoms with Gasteiger partial charge in [-0.1, -0.05) is 0 Å². The Balaban J connectivity index is 1.54. The van der Waals surface area contributed by atoms with E-state index < -0.39 is 23.9 Å². The lowest BCUT2D eigenvalue weighted by Crippen LogP contribution is -2.36. The number of aliphatic hydroxyl groups is 1. The van der Waals surface area contributed by atoms with Gasteiger partial charge in [-0.3, -0.25) is 10.1 Å². The third kappa shape index (κ3) is 4.52. The Labute approximate surface area is 178 Å². The molecule has 1 fully saturated rings. The molecule has 6 nitrogen and oxygen atoms in total. The zero-order valence-electron chi connectivity index (χ0n) is 17.5. The molecule has 0 bridgehead atoms. The molecule has 2 aliphatic rings. The van der Waals surface area contributed by atoms with Crippen molar-refractivity contribution in [1.29, 1.82) is 0 Å². The lowest BCUT2D eigenvalue weighted by Gasteiger charge is -2.32. The Bertz CT molecular complexity index is 935. The molecule has 0 saturated heterocycles. The van der Waals surface area contributed by atoms with Crippen LogP contribution < -0.4 is 15.5 Å². The van der Waals surface area contributed by atoms with Crippen molar-refractivity contribution in [2.24, 2.45) is 11.8 Å². The van der Waals surface area contributed by atoms with E-state index in [-0.39, 0.29) is 17.3 Å². The zero-order chi connectivity index (χ0) is 22.2. The van der Waals surface area contributed by atoms with E-state index >= 15 is 0 Å². The van der Waals surface area contributed by atoms with Crippen molar-refractivity contribution in [3.63, 3.8) is 0 Å². The molecule has 170 valence electrons. The molecule has 4 rings (SSSR count). The molecular formula is C22H28F3N3O3. The Hall–Kier alpha value is -2.26. The van der Waals surface area contributed by atoms with Crippen molar-refractivity contribution in [2.45, 2.75) is 44.5 Å². The molecule has 1 aliphatic heterocycles. The molecule has 1 atom stereocenters. The maximum atomic E-state index is 13.3. The smallest absolute Gasteiger partial charge is 0.416 e. The number of hydrogen-bond acceptors (Lipinski definition) is 5. The van der Waals surface area contributed by atoms with Gasteiger partial charge in [0.15, 0.2) is 0 Å². The SMILES string of the molecule is CNC(O)C1CCC(CCN2CCNC(=O)c3oc4ccc(C(F)(F)F)cc4c32)CC1. The van der Waals surface area contributed by atoms with Crippen LogP contribution in [0.25, 0.3) is 11.0 Å². The van der Waals surface area contributed by atoms with Crippen LogP contribution >= 0.6 is 0 Å². The summed E-state index contributed by atoms with van der Waals surface area (Å²) >= 11 is 0. The Morgan fingerprint density at radius 1 is 1.29 bits per heavy atom. The van der Waals surface area contributed by atoms with Gasteiger partial charge in [0.05, 0.1) is 11.3 Å². The van der Waals surface area contributed by atoms with Crippen LogP contribution in [0.3, 0.4) is 0 Å². The fourth-order valence-corrected chi connectivity index (χ4v) is 4.82. The number of nitrogens with zero attached hydrogens (tertiary/aromatic N) is 1. The van der Waals surface area contributed by atoms with Crippen molar-refractivity contribution in [3.8, 4) is 0 Å². The van der Waals surface area contributed by atoms with E-state index in [1.807, 2.05) is 4.90 Å². The van der Waals surface area contributed by atoms with Gasteiger partial charge >= 0.3 is 6.18 Å². The van der Waals surface area contributed by atoms with Crippen LogP contribution in [-0.2, 0) is 6.18 Å². The molecule has 9 heteroatoms. The van der Waals surface area contributed by atoms with Crippen LogP contribution in [0.15, 0.2) is 22.6 Å². The number of rotatable bonds is 5. The van der Waals surface area contributed by atoms with Crippen LogP contribution in [0, 0.1) is 11.8 Å². The van der Waals surface area contributed by atoms with Crippen LogP contribution in [0.5, 0.6) is 0 Å². The first kappa shape index (κ1) is 22.0. The first-order valence-electron chi connectivity index (χ1n) is 10.8. The molecule has 0 radical (unpaired) electrons. The second-order valence-corrected chi connectivity index (χ2v) is 8.53. The number of carbonyl (C=O) groups excluding carboxylic acids is 1. The number of halogens is 3. The van der Waals surface area contributed by atoms with Gasteiger partial charge in [0.1, 0.15) is 11.8 Å². The topological polar surface area (TPSA) is 77.7 Å². The number of benzene rings is 1. The summed E-state index contributed by atoms with van der Waals surface area (Å²) in [7, 11) is 1.75. The molecule has 1 aromatic carbocycles. The van der Waals surface area contributed by atoms with Gasteiger partial charge in [-0.05, 0) is 69.2 Å². The van der Waals surface area contributed by atoms with Crippen LogP contribution in [0.1, 0.15) is 48.2 Å². The predicted molar refractivity (Wildman–Crippen MR) is 111 cm³/mol. The molecule has 3 N–H and O–H groups in total. The number of hydrogen-bond donors (Lipinski definition) is 3. The highest BCUT2D eigenvalue weighted by Crippen LogP contribution is 2.40. The minimum Gasteiger partial charge on any atom is -0.449 e. The van der Waals surface area contributed by atoms with Gasteiger partial charge in [-0.2, -0.15) is 13.2 Å². The average molecular weight is 439 g/mol. The second-order valence-electron chi connectivity index (χ2n) is 8.53. The molecule has 1 saturated carbocycles. The first-order chi connectivity index (χ1) is 14.8. The lowest BCUT2D eigenvalue weighted by atomic mass is 9.79. The van der Waals surface area contributed by atoms with Crippen molar-refractivity contribution >= 4 is 22.6 Å². The monoisotopic (exact) mass is 439 g/mol. The van der Waals surface area contributed by atoms with Gasteiger partial charge in [-0.25, -0.2) is 0 Å². The number of nitrogens with one attached hydrogen (secondary N) is 2. The van der Waals surface area contributed by atoms with Crippen molar-refractivity contribution in [2.75, 3.05) is 31.6 Å². The minimum atomic E-state index is -4.47. The third-order valence-corrected chi connectivity index (χ3v) is 6.62. The Morgan fingerprint density at radius 3 is 2.71 bits per heavy atom. The van der Waals surface area contributed by atoms with Crippen molar-refractivity contribution in [3.05, 3.63) is 29.5 Å². The number of fused-ring (bicyclic) bond motifs is 3. The summed E-state index contributed by atoms with van der Waals surface area (Å²) in [6.07, 6.45) is -0.166. The molecule has 1 aromatic heterocycles. The van der Waals surface area contributed by atoms with E-state index in [0.717, 1.165) is 44.2 Å². The van der Waals surface area contributed by atoms with Crippen molar-refractivity contribution < 1.29 is 27.5 Å². The number of carbonyl (C=O) groups is 1. The summed E-state index contributed by atoms with van der Waals surface area (Å²) in [5.74, 6) is 0.419. The maximum Gasteiger partial charge on any atom is 0.416 e. The van der Waals surface area contributed by atoms with Gasteiger partial charge in [0.2, 0.25) is 5.76 Å². The fraction of sp³-hybridized carbons (Fsp3) is 0.591. The van der Waals surface area contributed by atoms with E-state index in [1.165, 1.54) is 6.07 Å². The van der Waals surface area contributed by atoms with Crippen molar-refractivity contribution in [1.82, 2.24) is 10.6 Å². The van der Waals surface area contributed by atoms with E-state index in [4.69, 9.17) is 4.42 Å². The van der Waals surface area contributed by atoms with Crippen LogP contribution in [0.2, 0.25) is 0 Å². The molecule has 31 heavy (non-hydrogen) atoms. The normalized spacial score (nSPS) is 23.4. The largest absolute Gasteiger partial charge is 0.449 e. The van der Waals surface area contributed by atoms with Gasteiger partial charge < -0.3 is 19.7 Å². The third-order valence-electron chi connectivity index (χ3n) is 6.62. The summed E-state index contributed by atoms with van der Waals surface area (Å²) in [5.41, 5.74) is -0.0216. The number of alkyl halides is 3. The fourth-order valence-electron chi connectivity index (χ4n) is 4.82. The summed E-state index contributed by atoms with van der Waals surface area (Å²) in [6, 6.07) is 3.34. The minimum absolute atomic E-state index is 0.0766. The lowest BCUT2D eigenvalue weighted by molar-refractivity contribution is -0.137. The van der Waals surface area contributed by atoms with E-state index in [0.29, 0.717) is 36.6 Å². The maximum absolute atomic E-state index is 13.3. The highest BCUT2D eigenvalue weighted by molar-refractivity contribution is 6.07. The van der Waals surface area contributed by atoms with Gasteiger partial charge in [0, 0.05) is 25.0 Å². The number of aliphatic hydroxyl groups excluding tert-OH is 1. The summed E-state index contributed by atoms with van der Waals surface area (Å²) in [6.45, 7) is 1.55. The van der Waals surface area contributed by atoms with Gasteiger partial charge in [0.25, 0.3) is 5.91 Å². The van der Waals surface area contributed by atoms with Crippen LogP contribution in [0.4, 0.5) is 18.9 Å². The second kappa shape index (κ2) is 8.70. The quantitative estimate of drug-likeness (QED) is 0.619. The number of furan rings is 1. The highest BCUT2D eigenvalue weighted by atomic mass is 19.4.